The third-order valence-corrected chi connectivity index (χ3v) is 7.89. The zero-order valence-corrected chi connectivity index (χ0v) is 25.4. The quantitative estimate of drug-likeness (QED) is 0.218. The average Bonchev–Trinajstić information content (AvgIpc) is 3.42. The van der Waals surface area contributed by atoms with Crippen molar-refractivity contribution in [3.63, 3.8) is 0 Å². The highest BCUT2D eigenvalue weighted by Crippen LogP contribution is 2.34. The summed E-state index contributed by atoms with van der Waals surface area (Å²) in [6.45, 7) is 12.8. The summed E-state index contributed by atoms with van der Waals surface area (Å²) in [6.07, 6.45) is 0. The van der Waals surface area contributed by atoms with Gasteiger partial charge in [-0.05, 0) is 58.8 Å². The molecule has 2 heterocycles. The Hall–Kier alpha value is -4.46. The van der Waals surface area contributed by atoms with Crippen molar-refractivity contribution in [2.24, 2.45) is 0 Å². The van der Waals surface area contributed by atoms with Crippen LogP contribution in [-0.4, -0.2) is 47.0 Å². The van der Waals surface area contributed by atoms with Gasteiger partial charge in [-0.3, -0.25) is 10.2 Å². The second-order valence-corrected chi connectivity index (χ2v) is 12.3. The number of carbonyl (C=O) groups is 1. The Morgan fingerprint density at radius 1 is 0.860 bits per heavy atom. The van der Waals surface area contributed by atoms with E-state index in [4.69, 9.17) is 9.84 Å². The van der Waals surface area contributed by atoms with Gasteiger partial charge in [0.05, 0.1) is 30.3 Å². The van der Waals surface area contributed by atoms with Crippen molar-refractivity contribution in [3.05, 3.63) is 108 Å². The summed E-state index contributed by atoms with van der Waals surface area (Å²) in [7, 11) is 0. The summed E-state index contributed by atoms with van der Waals surface area (Å²) in [5, 5.41) is 13.1. The number of hydrogen-bond donors (Lipinski definition) is 2. The monoisotopic (exact) mass is 573 g/mol. The minimum atomic E-state index is -0.320. The van der Waals surface area contributed by atoms with Crippen LogP contribution in [0.4, 0.5) is 16.3 Å². The van der Waals surface area contributed by atoms with Gasteiger partial charge in [0, 0.05) is 36.5 Å². The number of benzene rings is 4. The van der Waals surface area contributed by atoms with Crippen LogP contribution < -0.4 is 10.6 Å². The van der Waals surface area contributed by atoms with E-state index in [-0.39, 0.29) is 11.4 Å². The maximum atomic E-state index is 13.4. The van der Waals surface area contributed by atoms with Gasteiger partial charge in [-0.2, -0.15) is 5.10 Å². The molecular formula is C36H39N5O2. The molecule has 7 heteroatoms. The largest absolute Gasteiger partial charge is 0.379 e. The normalized spacial score (nSPS) is 14.1. The van der Waals surface area contributed by atoms with Gasteiger partial charge in [0.2, 0.25) is 0 Å². The van der Waals surface area contributed by atoms with E-state index in [1.54, 1.807) is 4.68 Å². The van der Waals surface area contributed by atoms with Gasteiger partial charge in [0.15, 0.2) is 0 Å². The summed E-state index contributed by atoms with van der Waals surface area (Å²) in [5.41, 5.74) is 7.08. The molecule has 7 nitrogen and oxygen atoms in total. The number of nitrogens with zero attached hydrogens (tertiary/aromatic N) is 3. The second-order valence-electron chi connectivity index (χ2n) is 12.3. The molecule has 2 amide bonds. The van der Waals surface area contributed by atoms with Crippen LogP contribution in [0, 0.1) is 6.92 Å². The van der Waals surface area contributed by atoms with E-state index in [9.17, 15) is 4.79 Å². The van der Waals surface area contributed by atoms with Crippen LogP contribution in [0.25, 0.3) is 27.6 Å². The minimum absolute atomic E-state index is 0.173. The molecule has 1 saturated heterocycles. The van der Waals surface area contributed by atoms with Crippen molar-refractivity contribution in [1.82, 2.24) is 14.7 Å². The number of nitrogens with one attached hydrogen (secondary N) is 2. The molecule has 6 rings (SSSR count). The number of aryl methyl sites for hydroxylation is 1. The number of aromatic nitrogens is 2. The number of ether oxygens (including phenoxy) is 1. The fraction of sp³-hybridized carbons (Fsp3) is 0.278. The summed E-state index contributed by atoms with van der Waals surface area (Å²) < 4.78 is 7.32. The van der Waals surface area contributed by atoms with Gasteiger partial charge in [-0.25, -0.2) is 9.48 Å². The number of anilines is 2. The highest BCUT2D eigenvalue weighted by Gasteiger charge is 2.22. The summed E-state index contributed by atoms with van der Waals surface area (Å²) in [5.74, 6) is 0.617. The van der Waals surface area contributed by atoms with Gasteiger partial charge in [-0.15, -0.1) is 0 Å². The van der Waals surface area contributed by atoms with E-state index >= 15 is 0 Å². The number of urea groups is 1. The van der Waals surface area contributed by atoms with E-state index in [1.165, 1.54) is 5.56 Å². The zero-order valence-electron chi connectivity index (χ0n) is 25.4. The van der Waals surface area contributed by atoms with Gasteiger partial charge >= 0.3 is 6.03 Å². The van der Waals surface area contributed by atoms with Gasteiger partial charge < -0.3 is 10.1 Å². The fourth-order valence-electron chi connectivity index (χ4n) is 5.58. The predicted octanol–water partition coefficient (Wildman–Crippen LogP) is 7.77. The molecule has 0 atom stereocenters. The maximum absolute atomic E-state index is 13.4. The number of hydrogen-bond acceptors (Lipinski definition) is 4. The van der Waals surface area contributed by atoms with Crippen molar-refractivity contribution in [2.45, 2.75) is 39.7 Å². The molecule has 43 heavy (non-hydrogen) atoms. The molecule has 2 N–H and O–H groups in total. The second kappa shape index (κ2) is 12.0. The lowest BCUT2D eigenvalue weighted by Crippen LogP contribution is -2.35. The Labute approximate surface area is 253 Å². The molecule has 5 aromatic rings. The van der Waals surface area contributed by atoms with Crippen LogP contribution in [0.3, 0.4) is 0 Å². The van der Waals surface area contributed by atoms with Crippen molar-refractivity contribution in [1.29, 1.82) is 0 Å². The highest BCUT2D eigenvalue weighted by molar-refractivity contribution is 6.09. The Kier molecular flexibility index (Phi) is 8.02. The first-order valence-corrected chi connectivity index (χ1v) is 14.9. The average molecular weight is 574 g/mol. The lowest BCUT2D eigenvalue weighted by atomic mass is 9.92. The van der Waals surface area contributed by atoms with Crippen LogP contribution in [0.2, 0.25) is 0 Å². The number of rotatable bonds is 6. The molecule has 4 aromatic carbocycles. The van der Waals surface area contributed by atoms with Gasteiger partial charge in [0.1, 0.15) is 5.82 Å². The molecule has 1 aromatic heterocycles. The van der Waals surface area contributed by atoms with Crippen molar-refractivity contribution >= 4 is 28.3 Å². The van der Waals surface area contributed by atoms with Gasteiger partial charge in [0.25, 0.3) is 0 Å². The van der Waals surface area contributed by atoms with E-state index in [1.807, 2.05) is 49.4 Å². The Morgan fingerprint density at radius 2 is 1.63 bits per heavy atom. The van der Waals surface area contributed by atoms with Gasteiger partial charge in [-0.1, -0.05) is 81.4 Å². The molecule has 1 fully saturated rings. The Bertz CT molecular complexity index is 1760. The van der Waals surface area contributed by atoms with Crippen LogP contribution in [0.15, 0.2) is 91.0 Å². The zero-order chi connectivity index (χ0) is 30.0. The molecule has 1 aliphatic rings. The molecule has 1 aliphatic heterocycles. The lowest BCUT2D eigenvalue weighted by Gasteiger charge is -2.26. The number of fused-ring (bicyclic) bond motifs is 1. The first-order chi connectivity index (χ1) is 20.7. The van der Waals surface area contributed by atoms with E-state index in [2.05, 4.69) is 84.8 Å². The van der Waals surface area contributed by atoms with Crippen LogP contribution >= 0.6 is 0 Å². The number of carbonyl (C=O) groups excluding carboxylic acids is 1. The summed E-state index contributed by atoms with van der Waals surface area (Å²) in [4.78, 5) is 15.9. The Morgan fingerprint density at radius 3 is 2.40 bits per heavy atom. The molecular weight excluding hydrogens is 534 g/mol. The first-order valence-electron chi connectivity index (χ1n) is 14.9. The number of morpholine rings is 1. The summed E-state index contributed by atoms with van der Waals surface area (Å²) >= 11 is 0. The Balaban J connectivity index is 1.27. The minimum Gasteiger partial charge on any atom is -0.379 e. The molecule has 220 valence electrons. The molecule has 0 bridgehead atoms. The predicted molar refractivity (Wildman–Crippen MR) is 175 cm³/mol. The standard InChI is InChI=1S/C36H39N5O2/c1-25-9-7-12-28(21-25)41-34(23-33(39-41)36(2,3)4)38-35(42)37-32-16-15-29(30-13-5-6-14-31(30)32)27-11-8-10-26(22-27)24-40-17-19-43-20-18-40/h5-16,21-23H,17-20,24H2,1-4H3,(H2,37,38,42). The third-order valence-electron chi connectivity index (χ3n) is 7.89. The van der Waals surface area contributed by atoms with E-state index in [0.717, 1.165) is 77.4 Å². The summed E-state index contributed by atoms with van der Waals surface area (Å²) in [6, 6.07) is 30.8. The topological polar surface area (TPSA) is 71.4 Å². The van der Waals surface area contributed by atoms with E-state index < -0.39 is 0 Å². The SMILES string of the molecule is Cc1cccc(-n2nc(C(C)(C)C)cc2NC(=O)Nc2ccc(-c3cccc(CN4CCOCC4)c3)c3ccccc23)c1. The molecule has 0 radical (unpaired) electrons. The highest BCUT2D eigenvalue weighted by atomic mass is 16.5. The van der Waals surface area contributed by atoms with E-state index in [0.29, 0.717) is 5.82 Å². The maximum Gasteiger partial charge on any atom is 0.324 e. The fourth-order valence-corrected chi connectivity index (χ4v) is 5.58. The molecule has 0 unspecified atom stereocenters. The lowest BCUT2D eigenvalue weighted by molar-refractivity contribution is 0.0342. The van der Waals surface area contributed by atoms with Crippen molar-refractivity contribution in [2.75, 3.05) is 36.9 Å². The van der Waals surface area contributed by atoms with Crippen LogP contribution in [0.1, 0.15) is 37.6 Å². The smallest absolute Gasteiger partial charge is 0.324 e. The van der Waals surface area contributed by atoms with Crippen LogP contribution in [0.5, 0.6) is 0 Å². The van der Waals surface area contributed by atoms with Crippen LogP contribution in [-0.2, 0) is 16.7 Å². The molecule has 0 spiro atoms. The number of amides is 2. The van der Waals surface area contributed by atoms with Crippen molar-refractivity contribution < 1.29 is 9.53 Å². The third kappa shape index (κ3) is 6.48. The van der Waals surface area contributed by atoms with Crippen molar-refractivity contribution in [3.8, 4) is 16.8 Å². The molecule has 0 aliphatic carbocycles. The molecule has 0 saturated carbocycles. The first kappa shape index (κ1) is 28.6.